The number of amides is 2. The summed E-state index contributed by atoms with van der Waals surface area (Å²) in [5.74, 6) is -0.0615. The molecule has 1 rings (SSSR count). The smallest absolute Gasteiger partial charge is 0.253 e. The molecule has 134 valence electrons. The molecule has 1 aromatic rings. The molecule has 0 aliphatic carbocycles. The quantitative estimate of drug-likeness (QED) is 0.710. The van der Waals surface area contributed by atoms with Crippen molar-refractivity contribution >= 4 is 11.8 Å². The summed E-state index contributed by atoms with van der Waals surface area (Å²) in [7, 11) is 11.5. The van der Waals surface area contributed by atoms with Crippen LogP contribution in [0.15, 0.2) is 24.3 Å². The van der Waals surface area contributed by atoms with Gasteiger partial charge >= 0.3 is 0 Å². The highest BCUT2D eigenvalue weighted by Gasteiger charge is 2.15. The number of rotatable bonds is 8. The standard InChI is InChI=1S/C18H30N4O2/c1-19(2)11-13-21(5)17(23)15-7-9-16(10-8-15)18(24)22(6)14-12-20(3)4/h7-10H,11-14H2,1-6H3. The largest absolute Gasteiger partial charge is 0.340 e. The monoisotopic (exact) mass is 334 g/mol. The highest BCUT2D eigenvalue weighted by Crippen LogP contribution is 2.09. The molecule has 0 N–H and O–H groups in total. The van der Waals surface area contributed by atoms with Crippen molar-refractivity contribution in [3.05, 3.63) is 35.4 Å². The van der Waals surface area contributed by atoms with Crippen molar-refractivity contribution in [3.63, 3.8) is 0 Å². The van der Waals surface area contributed by atoms with Gasteiger partial charge in [-0.05, 0) is 52.5 Å². The van der Waals surface area contributed by atoms with E-state index in [4.69, 9.17) is 0 Å². The molecule has 0 aromatic heterocycles. The van der Waals surface area contributed by atoms with E-state index in [9.17, 15) is 9.59 Å². The lowest BCUT2D eigenvalue weighted by Gasteiger charge is -2.21. The average molecular weight is 334 g/mol. The van der Waals surface area contributed by atoms with Crippen molar-refractivity contribution in [1.29, 1.82) is 0 Å². The van der Waals surface area contributed by atoms with E-state index in [0.717, 1.165) is 13.1 Å². The van der Waals surface area contributed by atoms with Crippen LogP contribution in [0, 0.1) is 0 Å². The topological polar surface area (TPSA) is 47.1 Å². The lowest BCUT2D eigenvalue weighted by Crippen LogP contribution is -2.34. The number of carbonyl (C=O) groups is 2. The van der Waals surface area contributed by atoms with E-state index < -0.39 is 0 Å². The highest BCUT2D eigenvalue weighted by molar-refractivity contribution is 5.97. The molecule has 0 aliphatic rings. The minimum Gasteiger partial charge on any atom is -0.340 e. The van der Waals surface area contributed by atoms with Gasteiger partial charge in [0.15, 0.2) is 0 Å². The van der Waals surface area contributed by atoms with Gasteiger partial charge in [-0.1, -0.05) is 0 Å². The van der Waals surface area contributed by atoms with Gasteiger partial charge in [0.25, 0.3) is 11.8 Å². The first-order valence-corrected chi connectivity index (χ1v) is 8.13. The third-order valence-electron chi connectivity index (χ3n) is 3.84. The lowest BCUT2D eigenvalue weighted by molar-refractivity contribution is 0.0774. The van der Waals surface area contributed by atoms with E-state index >= 15 is 0 Å². The summed E-state index contributed by atoms with van der Waals surface area (Å²) >= 11 is 0. The Morgan fingerprint density at radius 1 is 0.625 bits per heavy atom. The second-order valence-electron chi connectivity index (χ2n) is 6.64. The molecule has 0 heterocycles. The first-order valence-electron chi connectivity index (χ1n) is 8.13. The fourth-order valence-electron chi connectivity index (χ4n) is 2.10. The van der Waals surface area contributed by atoms with Gasteiger partial charge in [-0.15, -0.1) is 0 Å². The van der Waals surface area contributed by atoms with E-state index in [2.05, 4.69) is 0 Å². The SMILES string of the molecule is CN(C)CCN(C)C(=O)c1ccc(C(=O)N(C)CCN(C)C)cc1. The molecule has 6 heteroatoms. The van der Waals surface area contributed by atoms with Crippen LogP contribution in [0.4, 0.5) is 0 Å². The number of hydrogen-bond donors (Lipinski definition) is 0. The number of likely N-dealkylation sites (N-methyl/N-ethyl adjacent to an activating group) is 4. The Hall–Kier alpha value is -1.92. The van der Waals surface area contributed by atoms with Crippen LogP contribution in [0.5, 0.6) is 0 Å². The normalized spacial score (nSPS) is 11.0. The van der Waals surface area contributed by atoms with Crippen molar-refractivity contribution in [2.45, 2.75) is 0 Å². The van der Waals surface area contributed by atoms with Gasteiger partial charge in [0, 0.05) is 51.4 Å². The van der Waals surface area contributed by atoms with E-state index in [1.807, 2.05) is 38.0 Å². The van der Waals surface area contributed by atoms with E-state index in [1.165, 1.54) is 0 Å². The van der Waals surface area contributed by atoms with E-state index in [-0.39, 0.29) is 11.8 Å². The van der Waals surface area contributed by atoms with E-state index in [1.54, 1.807) is 48.2 Å². The Bertz CT molecular complexity index is 491. The van der Waals surface area contributed by atoms with Crippen LogP contribution in [0.3, 0.4) is 0 Å². The highest BCUT2D eigenvalue weighted by atomic mass is 16.2. The Morgan fingerprint density at radius 3 is 1.17 bits per heavy atom. The molecule has 0 saturated carbocycles. The molecule has 0 spiro atoms. The van der Waals surface area contributed by atoms with Crippen molar-refractivity contribution in [1.82, 2.24) is 19.6 Å². The number of carbonyl (C=O) groups excluding carboxylic acids is 2. The Balaban J connectivity index is 2.67. The first-order chi connectivity index (χ1) is 11.2. The fourth-order valence-corrected chi connectivity index (χ4v) is 2.10. The molecule has 0 bridgehead atoms. The molecule has 0 fully saturated rings. The summed E-state index contributed by atoms with van der Waals surface area (Å²) in [5.41, 5.74) is 1.20. The zero-order chi connectivity index (χ0) is 18.3. The van der Waals surface area contributed by atoms with Crippen LogP contribution in [0.1, 0.15) is 20.7 Å². The molecule has 0 unspecified atom stereocenters. The Labute approximate surface area is 145 Å². The molecular formula is C18H30N4O2. The molecule has 6 nitrogen and oxygen atoms in total. The van der Waals surface area contributed by atoms with Crippen molar-refractivity contribution < 1.29 is 9.59 Å². The zero-order valence-electron chi connectivity index (χ0n) is 15.7. The molecule has 0 radical (unpaired) electrons. The van der Waals surface area contributed by atoms with Gasteiger partial charge in [-0.2, -0.15) is 0 Å². The van der Waals surface area contributed by atoms with Crippen molar-refractivity contribution in [3.8, 4) is 0 Å². The van der Waals surface area contributed by atoms with Crippen molar-refractivity contribution in [2.75, 3.05) is 68.5 Å². The number of benzene rings is 1. The summed E-state index contributed by atoms with van der Waals surface area (Å²) < 4.78 is 0. The van der Waals surface area contributed by atoms with E-state index in [0.29, 0.717) is 24.2 Å². The summed E-state index contributed by atoms with van der Waals surface area (Å²) in [4.78, 5) is 32.2. The maximum Gasteiger partial charge on any atom is 0.253 e. The summed E-state index contributed by atoms with van der Waals surface area (Å²) in [6, 6.07) is 6.89. The lowest BCUT2D eigenvalue weighted by atomic mass is 10.1. The molecule has 1 aromatic carbocycles. The predicted molar refractivity (Wildman–Crippen MR) is 97.5 cm³/mol. The fraction of sp³-hybridized carbons (Fsp3) is 0.556. The van der Waals surface area contributed by atoms with Gasteiger partial charge in [0.2, 0.25) is 0 Å². The van der Waals surface area contributed by atoms with Crippen LogP contribution in [0.2, 0.25) is 0 Å². The Morgan fingerprint density at radius 2 is 0.917 bits per heavy atom. The first kappa shape index (κ1) is 20.1. The second-order valence-corrected chi connectivity index (χ2v) is 6.64. The third kappa shape index (κ3) is 6.29. The molecule has 0 saturated heterocycles. The number of hydrogen-bond acceptors (Lipinski definition) is 4. The minimum atomic E-state index is -0.0307. The van der Waals surface area contributed by atoms with Gasteiger partial charge in [-0.25, -0.2) is 0 Å². The second kappa shape index (κ2) is 9.39. The minimum absolute atomic E-state index is 0.0307. The van der Waals surface area contributed by atoms with Gasteiger partial charge in [0.1, 0.15) is 0 Å². The van der Waals surface area contributed by atoms with Gasteiger partial charge in [-0.3, -0.25) is 9.59 Å². The Kier molecular flexibility index (Phi) is 7.88. The van der Waals surface area contributed by atoms with Crippen LogP contribution in [-0.4, -0.2) is 99.9 Å². The zero-order valence-corrected chi connectivity index (χ0v) is 15.7. The maximum absolute atomic E-state index is 12.4. The molecular weight excluding hydrogens is 304 g/mol. The predicted octanol–water partition coefficient (Wildman–Crippen LogP) is 0.954. The van der Waals surface area contributed by atoms with Crippen LogP contribution in [0.25, 0.3) is 0 Å². The molecule has 24 heavy (non-hydrogen) atoms. The molecule has 2 amide bonds. The molecule has 0 atom stereocenters. The average Bonchev–Trinajstić information content (AvgIpc) is 2.56. The van der Waals surface area contributed by atoms with Crippen LogP contribution < -0.4 is 0 Å². The van der Waals surface area contributed by atoms with Gasteiger partial charge < -0.3 is 19.6 Å². The summed E-state index contributed by atoms with van der Waals surface area (Å²) in [5, 5.41) is 0. The summed E-state index contributed by atoms with van der Waals surface area (Å²) in [6.45, 7) is 2.96. The van der Waals surface area contributed by atoms with Crippen molar-refractivity contribution in [2.24, 2.45) is 0 Å². The third-order valence-corrected chi connectivity index (χ3v) is 3.84. The molecule has 0 aliphatic heterocycles. The van der Waals surface area contributed by atoms with Crippen LogP contribution >= 0.6 is 0 Å². The summed E-state index contributed by atoms with van der Waals surface area (Å²) in [6.07, 6.45) is 0. The van der Waals surface area contributed by atoms with Crippen LogP contribution in [-0.2, 0) is 0 Å². The van der Waals surface area contributed by atoms with Gasteiger partial charge in [0.05, 0.1) is 0 Å². The number of nitrogens with zero attached hydrogens (tertiary/aromatic N) is 4. The maximum atomic E-state index is 12.4.